The predicted octanol–water partition coefficient (Wildman–Crippen LogP) is 2.91. The quantitative estimate of drug-likeness (QED) is 0.0286. The molecule has 0 bridgehead atoms. The van der Waals surface area contributed by atoms with Gasteiger partial charge in [0.2, 0.25) is 5.97 Å². The van der Waals surface area contributed by atoms with Crippen LogP contribution in [-0.2, 0) is 40.1 Å². The molecular weight excluding hydrogens is 911 g/mol. The molecule has 357 valence electrons. The van der Waals surface area contributed by atoms with Crippen molar-refractivity contribution in [2.75, 3.05) is 19.6 Å². The summed E-state index contributed by atoms with van der Waals surface area (Å²) in [6.45, 7) is 19.0. The van der Waals surface area contributed by atoms with Crippen LogP contribution in [0.1, 0.15) is 97.9 Å². The monoisotopic (exact) mass is 966 g/mol. The minimum atomic E-state index is -0.639. The zero-order valence-electron chi connectivity index (χ0n) is 40.4. The molecule has 0 saturated heterocycles. The van der Waals surface area contributed by atoms with E-state index in [1.165, 1.54) is 30.0 Å². The summed E-state index contributed by atoms with van der Waals surface area (Å²) in [4.78, 5) is 85.6. The van der Waals surface area contributed by atoms with Crippen LogP contribution in [0.25, 0.3) is 36.9 Å². The Morgan fingerprint density at radius 3 is 1.51 bits per heavy atom. The second-order valence-electron chi connectivity index (χ2n) is 13.3. The SMILES string of the molecule is CC(=O)OOC(C)=O.CCCN.Cc1cc(C=O)ccc1N=[N+]=[N-].Cc1cc(C=O)ccc1[N+](=O)[O-].Cc1cc(CNCCNC(=O)OC(C)(C)C)ccc1N=[N+]=[N-].[B-]OC(C)=O.[N-]=[N+]=[N-].[Na+].[Na+]. The summed E-state index contributed by atoms with van der Waals surface area (Å²) in [5, 5.41) is 23.3. The topological polar surface area (TPSA) is 389 Å². The number of hydrogen-bond donors (Lipinski definition) is 3. The van der Waals surface area contributed by atoms with E-state index < -0.39 is 34.5 Å². The van der Waals surface area contributed by atoms with Crippen molar-refractivity contribution < 1.29 is 112 Å². The number of carbonyl (C=O) groups is 6. The van der Waals surface area contributed by atoms with Crippen LogP contribution in [-0.4, -0.2) is 74.8 Å². The number of azide groups is 2. The average Bonchev–Trinajstić information content (AvgIpc) is 3.25. The minimum Gasteiger partial charge on any atom is -0.793 e. The Kier molecular flexibility index (Phi) is 49.9. The van der Waals surface area contributed by atoms with Crippen molar-refractivity contribution in [1.29, 1.82) is 0 Å². The van der Waals surface area contributed by atoms with Gasteiger partial charge in [-0.3, -0.25) is 29.4 Å². The Morgan fingerprint density at radius 2 is 1.19 bits per heavy atom. The molecule has 0 saturated carbocycles. The summed E-state index contributed by atoms with van der Waals surface area (Å²) in [7, 11) is 4.32. The van der Waals surface area contributed by atoms with E-state index in [1.807, 2.05) is 39.8 Å². The number of benzene rings is 3. The smallest absolute Gasteiger partial charge is 0.793 e. The molecule has 0 unspecified atom stereocenters. The van der Waals surface area contributed by atoms with Crippen LogP contribution in [0.5, 0.6) is 0 Å². The Bertz CT molecular complexity index is 2070. The standard InChI is InChI=1S/C15H23N5O2.C8H7N3O.C8H7NO3.C4H6O4.C3H9N.C2H3BO2.N3.2Na/c1-11-9-12(5-6-13(11)19-20-16)10-17-7-8-18-14(21)22-15(2,3)4;1-6-4-7(5-12)2-3-8(6)10-11-9;1-6-4-7(5-10)2-3-8(6)9(11)12;1-3(5)7-8-4(2)6;1-2-3-4;1-2(4)5-3;1-3-2;;/h5-6,9,17H,7-8,10H2,1-4H3,(H,18,21);2*2-5H,1H3;1-2H3;2-4H2,1H3;1H3;;;/q;;;;;2*-1;2*+1. The summed E-state index contributed by atoms with van der Waals surface area (Å²) >= 11 is 0. The van der Waals surface area contributed by atoms with Crippen molar-refractivity contribution in [2.45, 2.75) is 87.8 Å². The number of rotatable bonds is 11. The number of nitrogens with zero attached hydrogens (tertiary/aromatic N) is 10. The number of hydrogen-bond acceptors (Lipinski definition) is 16. The molecule has 0 aliphatic heterocycles. The Balaban J connectivity index is -0.000000181. The minimum absolute atomic E-state index is 0. The number of alkyl carbamates (subject to hydrolysis) is 1. The van der Waals surface area contributed by atoms with Crippen LogP contribution in [0.3, 0.4) is 0 Å². The third-order valence-corrected chi connectivity index (χ3v) is 6.51. The van der Waals surface area contributed by atoms with Gasteiger partial charge in [-0.05, 0) is 100 Å². The van der Waals surface area contributed by atoms with Gasteiger partial charge in [0.25, 0.3) is 5.69 Å². The predicted molar refractivity (Wildman–Crippen MR) is 245 cm³/mol. The van der Waals surface area contributed by atoms with Crippen LogP contribution in [0, 0.1) is 30.9 Å². The van der Waals surface area contributed by atoms with Crippen molar-refractivity contribution in [3.63, 3.8) is 0 Å². The van der Waals surface area contributed by atoms with Crippen LogP contribution >= 0.6 is 0 Å². The largest absolute Gasteiger partial charge is 1.00 e. The van der Waals surface area contributed by atoms with Crippen molar-refractivity contribution in [2.24, 2.45) is 16.0 Å². The molecule has 0 aliphatic carbocycles. The van der Waals surface area contributed by atoms with E-state index in [-0.39, 0.29) is 64.8 Å². The normalized spacial score (nSPS) is 8.65. The van der Waals surface area contributed by atoms with Gasteiger partial charge in [0.1, 0.15) is 18.2 Å². The zero-order valence-corrected chi connectivity index (χ0v) is 44.4. The molecule has 1 amide bonds. The molecule has 0 aromatic heterocycles. The first-order chi connectivity index (χ1) is 31.0. The summed E-state index contributed by atoms with van der Waals surface area (Å²) in [5.74, 6) is -1.74. The Labute approximate surface area is 439 Å². The first kappa shape index (κ1) is 73.6. The summed E-state index contributed by atoms with van der Waals surface area (Å²) in [6, 6.07) is 14.8. The second-order valence-corrected chi connectivity index (χ2v) is 13.3. The molecule has 3 radical (unpaired) electrons. The third-order valence-electron chi connectivity index (χ3n) is 6.51. The number of amides is 1. The molecule has 3 aromatic carbocycles. The van der Waals surface area contributed by atoms with Crippen molar-refractivity contribution >= 4 is 61.7 Å². The fraction of sp³-hybridized carbons (Fsp3) is 0.400. The summed E-state index contributed by atoms with van der Waals surface area (Å²) in [6.07, 6.45) is 2.10. The molecule has 0 aliphatic rings. The fourth-order valence-electron chi connectivity index (χ4n) is 3.77. The van der Waals surface area contributed by atoms with E-state index in [1.54, 1.807) is 38.1 Å². The van der Waals surface area contributed by atoms with Gasteiger partial charge >= 0.3 is 77.1 Å². The molecular formula is C40H55BN13Na2O12. The first-order valence-corrected chi connectivity index (χ1v) is 19.0. The molecule has 0 spiro atoms. The number of nitro groups is 1. The molecule has 68 heavy (non-hydrogen) atoms. The van der Waals surface area contributed by atoms with Crippen LogP contribution in [0.15, 0.2) is 64.8 Å². The molecule has 3 aromatic rings. The van der Waals surface area contributed by atoms with E-state index >= 15 is 0 Å². The van der Waals surface area contributed by atoms with Gasteiger partial charge < -0.3 is 44.9 Å². The number of aldehydes is 2. The van der Waals surface area contributed by atoms with E-state index in [0.717, 1.165) is 49.8 Å². The fourth-order valence-corrected chi connectivity index (χ4v) is 3.77. The number of aryl methyl sites for hydroxylation is 3. The molecule has 0 atom stereocenters. The second kappa shape index (κ2) is 46.1. The maximum atomic E-state index is 11.4. The summed E-state index contributed by atoms with van der Waals surface area (Å²) < 4.78 is 8.75. The van der Waals surface area contributed by atoms with Crippen molar-refractivity contribution in [1.82, 2.24) is 10.6 Å². The van der Waals surface area contributed by atoms with Gasteiger partial charge in [-0.2, -0.15) is 0 Å². The Hall–Kier alpha value is -6.01. The number of carbonyl (C=O) groups excluding carboxylic acids is 6. The van der Waals surface area contributed by atoms with E-state index in [2.05, 4.69) is 60.1 Å². The molecule has 28 heteroatoms. The molecule has 25 nitrogen and oxygen atoms in total. The molecule has 0 heterocycles. The third kappa shape index (κ3) is 45.2. The Morgan fingerprint density at radius 1 is 0.779 bits per heavy atom. The van der Waals surface area contributed by atoms with Gasteiger partial charge in [0.15, 0.2) is 0 Å². The van der Waals surface area contributed by atoms with Crippen molar-refractivity contribution in [3.05, 3.63) is 135 Å². The van der Waals surface area contributed by atoms with E-state index in [0.29, 0.717) is 54.0 Å². The summed E-state index contributed by atoms with van der Waals surface area (Å²) in [5.41, 5.74) is 40.2. The molecule has 3 rings (SSSR count). The van der Waals surface area contributed by atoms with Crippen LogP contribution < -0.4 is 75.5 Å². The van der Waals surface area contributed by atoms with E-state index in [4.69, 9.17) is 32.6 Å². The number of nitrogens with one attached hydrogen (secondary N) is 2. The first-order valence-electron chi connectivity index (χ1n) is 19.0. The van der Waals surface area contributed by atoms with Crippen molar-refractivity contribution in [3.8, 4) is 0 Å². The maximum absolute atomic E-state index is 11.4. The van der Waals surface area contributed by atoms with Gasteiger partial charge in [0, 0.05) is 84.4 Å². The molecule has 4 N–H and O–H groups in total. The van der Waals surface area contributed by atoms with Crippen LogP contribution in [0.2, 0.25) is 0 Å². The number of nitro benzene ring substituents is 1. The average molecular weight is 967 g/mol. The van der Waals surface area contributed by atoms with Crippen LogP contribution in [0.4, 0.5) is 21.9 Å². The van der Waals surface area contributed by atoms with Gasteiger partial charge in [0.05, 0.1) is 4.92 Å². The van der Waals surface area contributed by atoms with E-state index in [9.17, 15) is 38.9 Å². The zero-order chi connectivity index (χ0) is 51.7. The maximum Gasteiger partial charge on any atom is 1.00 e. The van der Waals surface area contributed by atoms with Gasteiger partial charge in [-0.1, -0.05) is 47.5 Å². The van der Waals surface area contributed by atoms with Gasteiger partial charge in [-0.25, -0.2) is 24.2 Å². The number of nitrogens with two attached hydrogens (primary N) is 1. The van der Waals surface area contributed by atoms with Gasteiger partial charge in [-0.15, -0.1) is 0 Å². The molecule has 0 fully saturated rings. The number of ether oxygens (including phenoxy) is 1.